The van der Waals surface area contributed by atoms with Crippen LogP contribution in [0.4, 0.5) is 0 Å². The van der Waals surface area contributed by atoms with Crippen molar-refractivity contribution in [1.29, 1.82) is 0 Å². The third-order valence-electron chi connectivity index (χ3n) is 3.19. The molecule has 1 heterocycles. The largest absolute Gasteiger partial charge is 0.464 e. The Hall–Kier alpha value is -1.20. The Labute approximate surface area is 109 Å². The molecule has 0 aromatic rings. The lowest BCUT2D eigenvalue weighted by Gasteiger charge is -2.34. The minimum atomic E-state index is -0.770. The van der Waals surface area contributed by atoms with E-state index < -0.39 is 23.9 Å². The van der Waals surface area contributed by atoms with Crippen LogP contribution in [0.1, 0.15) is 13.3 Å². The van der Waals surface area contributed by atoms with Crippen molar-refractivity contribution >= 4 is 29.1 Å². The normalized spacial score (nSPS) is 31.7. The van der Waals surface area contributed by atoms with Gasteiger partial charge in [0.05, 0.1) is 24.2 Å². The summed E-state index contributed by atoms with van der Waals surface area (Å²) in [5.41, 5.74) is 0. The second kappa shape index (κ2) is 5.20. The SMILES string of the molecule is CCOC(=O)C1CC2C(=O)C=C(Cl)C(=O)C2CO1. The van der Waals surface area contributed by atoms with Crippen molar-refractivity contribution in [2.45, 2.75) is 19.4 Å². The van der Waals surface area contributed by atoms with Gasteiger partial charge in [-0.15, -0.1) is 0 Å². The lowest BCUT2D eigenvalue weighted by Crippen LogP contribution is -2.46. The Morgan fingerprint density at radius 1 is 1.50 bits per heavy atom. The number of rotatable bonds is 2. The maximum Gasteiger partial charge on any atom is 0.335 e. The molecule has 0 aromatic heterocycles. The second-order valence-corrected chi connectivity index (χ2v) is 4.69. The smallest absolute Gasteiger partial charge is 0.335 e. The Morgan fingerprint density at radius 3 is 2.89 bits per heavy atom. The zero-order valence-electron chi connectivity index (χ0n) is 9.85. The molecule has 18 heavy (non-hydrogen) atoms. The minimum Gasteiger partial charge on any atom is -0.464 e. The summed E-state index contributed by atoms with van der Waals surface area (Å²) in [4.78, 5) is 35.1. The number of esters is 1. The van der Waals surface area contributed by atoms with Crippen molar-refractivity contribution in [3.8, 4) is 0 Å². The lowest BCUT2D eigenvalue weighted by atomic mass is 9.76. The Bertz CT molecular complexity index is 428. The van der Waals surface area contributed by atoms with Crippen LogP contribution in [0.15, 0.2) is 11.1 Å². The monoisotopic (exact) mass is 272 g/mol. The molecule has 1 aliphatic heterocycles. The van der Waals surface area contributed by atoms with E-state index in [1.54, 1.807) is 6.92 Å². The average Bonchev–Trinajstić information content (AvgIpc) is 2.36. The highest BCUT2D eigenvalue weighted by molar-refractivity contribution is 6.45. The van der Waals surface area contributed by atoms with E-state index in [1.807, 2.05) is 0 Å². The van der Waals surface area contributed by atoms with Gasteiger partial charge in [0.2, 0.25) is 0 Å². The Morgan fingerprint density at radius 2 is 2.22 bits per heavy atom. The van der Waals surface area contributed by atoms with Crippen LogP contribution in [0.25, 0.3) is 0 Å². The van der Waals surface area contributed by atoms with Crippen LogP contribution in [-0.4, -0.2) is 36.9 Å². The standard InChI is InChI=1S/C12H13ClO5/c1-2-17-12(16)10-3-6-7(5-18-10)11(15)8(13)4-9(6)14/h4,6-7,10H,2-3,5H2,1H3. The van der Waals surface area contributed by atoms with Crippen molar-refractivity contribution in [2.75, 3.05) is 13.2 Å². The molecule has 3 unspecified atom stereocenters. The maximum atomic E-state index is 11.8. The first-order valence-corrected chi connectivity index (χ1v) is 6.16. The van der Waals surface area contributed by atoms with Gasteiger partial charge in [0.1, 0.15) is 0 Å². The first-order chi connectivity index (χ1) is 8.54. The van der Waals surface area contributed by atoms with E-state index in [9.17, 15) is 14.4 Å². The van der Waals surface area contributed by atoms with Crippen LogP contribution in [0.3, 0.4) is 0 Å². The molecule has 6 heteroatoms. The van der Waals surface area contributed by atoms with E-state index in [4.69, 9.17) is 21.1 Å². The van der Waals surface area contributed by atoms with Gasteiger partial charge in [0.25, 0.3) is 0 Å². The van der Waals surface area contributed by atoms with E-state index >= 15 is 0 Å². The first-order valence-electron chi connectivity index (χ1n) is 5.78. The van der Waals surface area contributed by atoms with Gasteiger partial charge >= 0.3 is 5.97 Å². The molecule has 0 bridgehead atoms. The molecule has 1 saturated heterocycles. The summed E-state index contributed by atoms with van der Waals surface area (Å²) >= 11 is 5.67. The van der Waals surface area contributed by atoms with Crippen LogP contribution in [0.2, 0.25) is 0 Å². The second-order valence-electron chi connectivity index (χ2n) is 4.28. The molecule has 0 amide bonds. The number of ketones is 2. The van der Waals surface area contributed by atoms with E-state index in [1.165, 1.54) is 0 Å². The number of hydrogen-bond acceptors (Lipinski definition) is 5. The Balaban J connectivity index is 2.12. The summed E-state index contributed by atoms with van der Waals surface area (Å²) in [6.07, 6.45) is 0.543. The minimum absolute atomic E-state index is 0.0305. The number of fused-ring (bicyclic) bond motifs is 1. The summed E-state index contributed by atoms with van der Waals surface area (Å²) in [6, 6.07) is 0. The van der Waals surface area contributed by atoms with Crippen molar-refractivity contribution in [3.63, 3.8) is 0 Å². The fourth-order valence-electron chi connectivity index (χ4n) is 2.25. The lowest BCUT2D eigenvalue weighted by molar-refractivity contribution is -0.167. The molecule has 0 radical (unpaired) electrons. The zero-order chi connectivity index (χ0) is 13.3. The van der Waals surface area contributed by atoms with Crippen molar-refractivity contribution in [2.24, 2.45) is 11.8 Å². The summed E-state index contributed by atoms with van der Waals surface area (Å²) in [5.74, 6) is -2.09. The number of carbonyl (C=O) groups is 3. The average molecular weight is 273 g/mol. The molecule has 1 fully saturated rings. The number of ether oxygens (including phenoxy) is 2. The summed E-state index contributed by atoms with van der Waals surface area (Å²) < 4.78 is 10.1. The van der Waals surface area contributed by atoms with Crippen LogP contribution >= 0.6 is 11.6 Å². The zero-order valence-corrected chi connectivity index (χ0v) is 10.6. The fraction of sp³-hybridized carbons (Fsp3) is 0.583. The number of hydrogen-bond donors (Lipinski definition) is 0. The highest BCUT2D eigenvalue weighted by atomic mass is 35.5. The Kier molecular flexibility index (Phi) is 3.82. The van der Waals surface area contributed by atoms with Crippen LogP contribution in [-0.2, 0) is 23.9 Å². The molecular formula is C12H13ClO5. The molecule has 98 valence electrons. The number of halogens is 1. The highest BCUT2D eigenvalue weighted by Gasteiger charge is 2.45. The molecule has 0 spiro atoms. The van der Waals surface area contributed by atoms with Crippen LogP contribution < -0.4 is 0 Å². The quantitative estimate of drug-likeness (QED) is 0.697. The fourth-order valence-corrected chi connectivity index (χ4v) is 2.50. The topological polar surface area (TPSA) is 69.7 Å². The molecule has 0 N–H and O–H groups in total. The number of Topliss-reactive ketones (excluding diaryl/α,β-unsaturated/α-hetero) is 1. The summed E-state index contributed by atoms with van der Waals surface area (Å²) in [5, 5.41) is -0.0561. The highest BCUT2D eigenvalue weighted by Crippen LogP contribution is 2.34. The van der Waals surface area contributed by atoms with Gasteiger partial charge in [-0.25, -0.2) is 4.79 Å². The third kappa shape index (κ3) is 2.33. The predicted octanol–water partition coefficient (Wildman–Crippen LogP) is 0.845. The predicted molar refractivity (Wildman–Crippen MR) is 61.9 cm³/mol. The van der Waals surface area contributed by atoms with E-state index in [0.717, 1.165) is 6.08 Å². The van der Waals surface area contributed by atoms with Gasteiger partial charge in [0, 0.05) is 12.0 Å². The van der Waals surface area contributed by atoms with Crippen molar-refractivity contribution < 1.29 is 23.9 Å². The van der Waals surface area contributed by atoms with Crippen LogP contribution in [0.5, 0.6) is 0 Å². The van der Waals surface area contributed by atoms with Gasteiger partial charge in [-0.2, -0.15) is 0 Å². The molecular weight excluding hydrogens is 260 g/mol. The summed E-state index contributed by atoms with van der Waals surface area (Å²) in [6.45, 7) is 1.98. The van der Waals surface area contributed by atoms with Crippen LogP contribution in [0, 0.1) is 11.8 Å². The molecule has 3 atom stereocenters. The number of allylic oxidation sites excluding steroid dienone is 2. The molecule has 2 rings (SSSR count). The molecule has 2 aliphatic rings. The molecule has 0 aromatic carbocycles. The number of carbonyl (C=O) groups excluding carboxylic acids is 3. The third-order valence-corrected chi connectivity index (χ3v) is 3.48. The maximum absolute atomic E-state index is 11.8. The van der Waals surface area contributed by atoms with E-state index in [-0.39, 0.29) is 36.2 Å². The van der Waals surface area contributed by atoms with E-state index in [2.05, 4.69) is 0 Å². The molecule has 0 saturated carbocycles. The van der Waals surface area contributed by atoms with Gasteiger partial charge in [-0.05, 0) is 13.3 Å². The van der Waals surface area contributed by atoms with Gasteiger partial charge in [-0.1, -0.05) is 11.6 Å². The van der Waals surface area contributed by atoms with Crippen molar-refractivity contribution in [1.82, 2.24) is 0 Å². The van der Waals surface area contributed by atoms with Gasteiger partial charge in [0.15, 0.2) is 17.7 Å². The molecule has 5 nitrogen and oxygen atoms in total. The van der Waals surface area contributed by atoms with E-state index in [0.29, 0.717) is 0 Å². The molecule has 1 aliphatic carbocycles. The summed E-state index contributed by atoms with van der Waals surface area (Å²) in [7, 11) is 0. The van der Waals surface area contributed by atoms with Gasteiger partial charge in [-0.3, -0.25) is 9.59 Å². The van der Waals surface area contributed by atoms with Gasteiger partial charge < -0.3 is 9.47 Å². The first kappa shape index (κ1) is 13.2. The van der Waals surface area contributed by atoms with Crippen molar-refractivity contribution in [3.05, 3.63) is 11.1 Å².